The molecule has 3 rings (SSSR count). The number of hydrogen-bond donors (Lipinski definition) is 2. The molecule has 3 heteroatoms. The van der Waals surface area contributed by atoms with Crippen LogP contribution in [0.4, 0.5) is 0 Å². The number of quaternary nitrogens is 1. The lowest BCUT2D eigenvalue weighted by atomic mass is 9.97. The summed E-state index contributed by atoms with van der Waals surface area (Å²) in [7, 11) is 0. The maximum Gasteiger partial charge on any atom is 0.278 e. The lowest BCUT2D eigenvalue weighted by Gasteiger charge is -2.21. The molecular weight excluding hydrogens is 332 g/mol. The SMILES string of the molecule is Cc1ccc([C@H]([NH2+][C@@H](C)C(=O)NCc2ccccc2)c2ccccc2)cc1. The van der Waals surface area contributed by atoms with Crippen LogP contribution in [-0.2, 0) is 11.3 Å². The highest BCUT2D eigenvalue weighted by molar-refractivity contribution is 5.79. The van der Waals surface area contributed by atoms with Gasteiger partial charge in [0.15, 0.2) is 6.04 Å². The predicted octanol–water partition coefficient (Wildman–Crippen LogP) is 3.35. The lowest BCUT2D eigenvalue weighted by Crippen LogP contribution is -2.92. The van der Waals surface area contributed by atoms with Crippen molar-refractivity contribution in [2.24, 2.45) is 0 Å². The van der Waals surface area contributed by atoms with Crippen LogP contribution in [0.3, 0.4) is 0 Å². The van der Waals surface area contributed by atoms with E-state index >= 15 is 0 Å². The first-order chi connectivity index (χ1) is 13.1. The maximum absolute atomic E-state index is 12.6. The molecule has 0 aliphatic carbocycles. The van der Waals surface area contributed by atoms with Crippen molar-refractivity contribution >= 4 is 5.91 Å². The fraction of sp³-hybridized carbons (Fsp3) is 0.208. The van der Waals surface area contributed by atoms with Crippen molar-refractivity contribution in [3.05, 3.63) is 107 Å². The summed E-state index contributed by atoms with van der Waals surface area (Å²) in [6.45, 7) is 4.60. The van der Waals surface area contributed by atoms with E-state index in [0.717, 1.165) is 5.56 Å². The fourth-order valence-electron chi connectivity index (χ4n) is 3.17. The summed E-state index contributed by atoms with van der Waals surface area (Å²) < 4.78 is 0. The van der Waals surface area contributed by atoms with Crippen molar-refractivity contribution < 1.29 is 10.1 Å². The van der Waals surface area contributed by atoms with Gasteiger partial charge in [-0.15, -0.1) is 0 Å². The fourth-order valence-corrected chi connectivity index (χ4v) is 3.17. The Morgan fingerprint density at radius 1 is 0.852 bits per heavy atom. The summed E-state index contributed by atoms with van der Waals surface area (Å²) in [5.74, 6) is 0.0481. The third kappa shape index (κ3) is 5.28. The Morgan fingerprint density at radius 3 is 2.04 bits per heavy atom. The van der Waals surface area contributed by atoms with E-state index in [2.05, 4.69) is 54.0 Å². The number of rotatable bonds is 7. The molecular formula is C24H27N2O+. The van der Waals surface area contributed by atoms with Gasteiger partial charge in [-0.05, 0) is 19.4 Å². The first-order valence-corrected chi connectivity index (χ1v) is 9.41. The van der Waals surface area contributed by atoms with Crippen LogP contribution in [0.25, 0.3) is 0 Å². The molecule has 0 spiro atoms. The van der Waals surface area contributed by atoms with Gasteiger partial charge >= 0.3 is 0 Å². The Balaban J connectivity index is 1.71. The number of nitrogens with two attached hydrogens (primary N) is 1. The van der Waals surface area contributed by atoms with Gasteiger partial charge < -0.3 is 10.6 Å². The minimum Gasteiger partial charge on any atom is -0.347 e. The van der Waals surface area contributed by atoms with Crippen molar-refractivity contribution in [3.63, 3.8) is 0 Å². The summed E-state index contributed by atoms with van der Waals surface area (Å²) in [6, 6.07) is 28.8. The van der Waals surface area contributed by atoms with Crippen LogP contribution < -0.4 is 10.6 Å². The number of carbonyl (C=O) groups excluding carboxylic acids is 1. The number of amides is 1. The molecule has 0 aliphatic rings. The van der Waals surface area contributed by atoms with E-state index < -0.39 is 0 Å². The average Bonchev–Trinajstić information content (AvgIpc) is 2.72. The van der Waals surface area contributed by atoms with Gasteiger partial charge in [0.2, 0.25) is 0 Å². The van der Waals surface area contributed by atoms with Crippen molar-refractivity contribution in [3.8, 4) is 0 Å². The van der Waals surface area contributed by atoms with Crippen LogP contribution in [0, 0.1) is 6.92 Å². The Morgan fingerprint density at radius 2 is 1.41 bits per heavy atom. The molecule has 3 aromatic carbocycles. The largest absolute Gasteiger partial charge is 0.347 e. The molecule has 0 fully saturated rings. The van der Waals surface area contributed by atoms with E-state index in [1.807, 2.05) is 55.5 Å². The molecule has 0 saturated heterocycles. The number of nitrogens with one attached hydrogen (secondary N) is 1. The quantitative estimate of drug-likeness (QED) is 0.668. The molecule has 3 aromatic rings. The van der Waals surface area contributed by atoms with Crippen LogP contribution in [0.15, 0.2) is 84.9 Å². The number of hydrogen-bond acceptors (Lipinski definition) is 1. The highest BCUT2D eigenvalue weighted by atomic mass is 16.2. The van der Waals surface area contributed by atoms with Crippen LogP contribution in [0.2, 0.25) is 0 Å². The number of aryl methyl sites for hydroxylation is 1. The van der Waals surface area contributed by atoms with Crippen molar-refractivity contribution in [1.82, 2.24) is 5.32 Å². The van der Waals surface area contributed by atoms with Gasteiger partial charge in [0.1, 0.15) is 6.04 Å². The monoisotopic (exact) mass is 359 g/mol. The van der Waals surface area contributed by atoms with E-state index in [1.54, 1.807) is 0 Å². The molecule has 0 aliphatic heterocycles. The lowest BCUT2D eigenvalue weighted by molar-refractivity contribution is -0.704. The summed E-state index contributed by atoms with van der Waals surface area (Å²) in [4.78, 5) is 12.6. The Hall–Kier alpha value is -2.91. The van der Waals surface area contributed by atoms with Crippen LogP contribution >= 0.6 is 0 Å². The zero-order valence-electron chi connectivity index (χ0n) is 15.9. The second-order valence-corrected chi connectivity index (χ2v) is 6.98. The molecule has 3 N–H and O–H groups in total. The molecule has 0 heterocycles. The number of carbonyl (C=O) groups is 1. The van der Waals surface area contributed by atoms with Crippen LogP contribution in [0.5, 0.6) is 0 Å². The molecule has 0 radical (unpaired) electrons. The van der Waals surface area contributed by atoms with Crippen LogP contribution in [-0.4, -0.2) is 11.9 Å². The molecule has 2 atom stereocenters. The third-order valence-electron chi connectivity index (χ3n) is 4.80. The second-order valence-electron chi connectivity index (χ2n) is 6.98. The minimum absolute atomic E-state index is 0.0481. The van der Waals surface area contributed by atoms with Crippen molar-refractivity contribution in [1.29, 1.82) is 0 Å². The molecule has 0 aromatic heterocycles. The predicted molar refractivity (Wildman–Crippen MR) is 109 cm³/mol. The third-order valence-corrected chi connectivity index (χ3v) is 4.80. The standard InChI is InChI=1S/C24H26N2O/c1-18-13-15-22(16-14-18)23(21-11-7-4-8-12-21)26-19(2)24(27)25-17-20-9-5-3-6-10-20/h3-16,19,23,26H,17H2,1-2H3,(H,25,27)/p+1/t19-,23+/m0/s1. The highest BCUT2D eigenvalue weighted by Crippen LogP contribution is 2.19. The van der Waals surface area contributed by atoms with Crippen LogP contribution in [0.1, 0.15) is 35.2 Å². The molecule has 0 bridgehead atoms. The molecule has 1 amide bonds. The van der Waals surface area contributed by atoms with Gasteiger partial charge in [0.05, 0.1) is 0 Å². The summed E-state index contributed by atoms with van der Waals surface area (Å²) in [5, 5.41) is 5.19. The second kappa shape index (κ2) is 9.15. The zero-order valence-corrected chi connectivity index (χ0v) is 15.9. The smallest absolute Gasteiger partial charge is 0.278 e. The molecule has 0 unspecified atom stereocenters. The molecule has 0 saturated carbocycles. The Labute approximate surface area is 161 Å². The van der Waals surface area contributed by atoms with E-state index in [9.17, 15) is 4.79 Å². The topological polar surface area (TPSA) is 45.7 Å². The average molecular weight is 359 g/mol. The molecule has 3 nitrogen and oxygen atoms in total. The first-order valence-electron chi connectivity index (χ1n) is 9.41. The normalized spacial score (nSPS) is 13.0. The molecule has 27 heavy (non-hydrogen) atoms. The van der Waals surface area contributed by atoms with Gasteiger partial charge in [-0.3, -0.25) is 4.79 Å². The van der Waals surface area contributed by atoms with Gasteiger partial charge in [-0.2, -0.15) is 0 Å². The zero-order chi connectivity index (χ0) is 19.1. The minimum atomic E-state index is -0.194. The summed E-state index contributed by atoms with van der Waals surface area (Å²) >= 11 is 0. The van der Waals surface area contributed by atoms with Gasteiger partial charge in [-0.1, -0.05) is 90.5 Å². The van der Waals surface area contributed by atoms with E-state index in [1.165, 1.54) is 16.7 Å². The number of benzene rings is 3. The van der Waals surface area contributed by atoms with Gasteiger partial charge in [-0.25, -0.2) is 0 Å². The maximum atomic E-state index is 12.6. The van der Waals surface area contributed by atoms with E-state index in [0.29, 0.717) is 6.54 Å². The molecule has 138 valence electrons. The summed E-state index contributed by atoms with van der Waals surface area (Å²) in [6.07, 6.45) is 0. The van der Waals surface area contributed by atoms with E-state index in [-0.39, 0.29) is 18.0 Å². The highest BCUT2D eigenvalue weighted by Gasteiger charge is 2.24. The van der Waals surface area contributed by atoms with Gasteiger partial charge in [0, 0.05) is 17.7 Å². The Kier molecular flexibility index (Phi) is 6.39. The summed E-state index contributed by atoms with van der Waals surface area (Å²) in [5.41, 5.74) is 4.74. The van der Waals surface area contributed by atoms with Gasteiger partial charge in [0.25, 0.3) is 5.91 Å². The van der Waals surface area contributed by atoms with E-state index in [4.69, 9.17) is 0 Å². The van der Waals surface area contributed by atoms with Crippen molar-refractivity contribution in [2.75, 3.05) is 0 Å². The first kappa shape index (κ1) is 18.9. The Bertz CT molecular complexity index is 845. The van der Waals surface area contributed by atoms with Crippen molar-refractivity contribution in [2.45, 2.75) is 32.5 Å².